The lowest BCUT2D eigenvalue weighted by Crippen LogP contribution is -2.40. The molecule has 0 radical (unpaired) electrons. The number of hydrogen-bond donors (Lipinski definition) is 2. The molecule has 0 saturated heterocycles. The fourth-order valence-corrected chi connectivity index (χ4v) is 2.30. The summed E-state index contributed by atoms with van der Waals surface area (Å²) in [7, 11) is 0. The number of carboxylic acids is 1. The van der Waals surface area contributed by atoms with Gasteiger partial charge in [0.15, 0.2) is 0 Å². The Morgan fingerprint density at radius 2 is 2.11 bits per heavy atom. The van der Waals surface area contributed by atoms with Crippen molar-refractivity contribution in [2.75, 3.05) is 0 Å². The van der Waals surface area contributed by atoms with Crippen LogP contribution in [0.25, 0.3) is 0 Å². The van der Waals surface area contributed by atoms with Gasteiger partial charge in [0, 0.05) is 12.1 Å². The molecule has 1 fully saturated rings. The minimum atomic E-state index is -0.815. The molecule has 1 aliphatic carbocycles. The number of carbonyl (C=O) groups excluding carboxylic acids is 1. The molecule has 1 saturated carbocycles. The zero-order valence-corrected chi connectivity index (χ0v) is 10.3. The second-order valence-electron chi connectivity index (χ2n) is 4.72. The summed E-state index contributed by atoms with van der Waals surface area (Å²) in [5.41, 5.74) is -0.253. The van der Waals surface area contributed by atoms with E-state index in [-0.39, 0.29) is 17.5 Å². The third-order valence-electron chi connectivity index (χ3n) is 3.32. The molecular formula is C13H15NO5. The van der Waals surface area contributed by atoms with Gasteiger partial charge >= 0.3 is 11.6 Å². The van der Waals surface area contributed by atoms with Gasteiger partial charge in [0.1, 0.15) is 6.26 Å². The van der Waals surface area contributed by atoms with E-state index < -0.39 is 17.5 Å². The molecule has 2 rings (SSSR count). The predicted molar refractivity (Wildman–Crippen MR) is 65.8 cm³/mol. The van der Waals surface area contributed by atoms with Crippen molar-refractivity contribution in [1.82, 2.24) is 5.32 Å². The summed E-state index contributed by atoms with van der Waals surface area (Å²) in [5.74, 6) is -1.56. The SMILES string of the molecule is O=C(NC1CCCC(C(=O)O)C1)c1ccc(=O)oc1. The van der Waals surface area contributed by atoms with Gasteiger partial charge in [0.2, 0.25) is 0 Å². The molecule has 2 atom stereocenters. The molecule has 1 aliphatic rings. The summed E-state index contributed by atoms with van der Waals surface area (Å²) >= 11 is 0. The van der Waals surface area contributed by atoms with Crippen LogP contribution < -0.4 is 10.9 Å². The number of carbonyl (C=O) groups is 2. The number of carboxylic acid groups (broad SMARTS) is 1. The molecule has 1 aromatic heterocycles. The van der Waals surface area contributed by atoms with Gasteiger partial charge in [0.05, 0.1) is 11.5 Å². The average molecular weight is 265 g/mol. The van der Waals surface area contributed by atoms with Crippen molar-refractivity contribution in [3.05, 3.63) is 34.4 Å². The van der Waals surface area contributed by atoms with Crippen LogP contribution in [0.2, 0.25) is 0 Å². The van der Waals surface area contributed by atoms with E-state index in [1.54, 1.807) is 0 Å². The van der Waals surface area contributed by atoms with Crippen molar-refractivity contribution < 1.29 is 19.1 Å². The summed E-state index contributed by atoms with van der Waals surface area (Å²) in [4.78, 5) is 33.6. The summed E-state index contributed by atoms with van der Waals surface area (Å²) in [5, 5.41) is 11.8. The van der Waals surface area contributed by atoms with Gasteiger partial charge < -0.3 is 14.8 Å². The molecule has 2 unspecified atom stereocenters. The van der Waals surface area contributed by atoms with Gasteiger partial charge in [0.25, 0.3) is 5.91 Å². The first kappa shape index (κ1) is 13.3. The average Bonchev–Trinajstić information content (AvgIpc) is 2.39. The summed E-state index contributed by atoms with van der Waals surface area (Å²) in [6.07, 6.45) is 3.76. The van der Waals surface area contributed by atoms with Gasteiger partial charge in [-0.3, -0.25) is 9.59 Å². The first-order valence-corrected chi connectivity index (χ1v) is 6.19. The van der Waals surface area contributed by atoms with E-state index in [9.17, 15) is 14.4 Å². The Kier molecular flexibility index (Phi) is 3.99. The monoisotopic (exact) mass is 265 g/mol. The number of amides is 1. The van der Waals surface area contributed by atoms with Crippen LogP contribution in [0, 0.1) is 5.92 Å². The molecule has 2 N–H and O–H groups in total. The van der Waals surface area contributed by atoms with Crippen LogP contribution in [-0.2, 0) is 4.79 Å². The zero-order chi connectivity index (χ0) is 13.8. The van der Waals surface area contributed by atoms with Crippen molar-refractivity contribution >= 4 is 11.9 Å². The van der Waals surface area contributed by atoms with Crippen LogP contribution in [0.15, 0.2) is 27.6 Å². The van der Waals surface area contributed by atoms with Crippen molar-refractivity contribution in [2.45, 2.75) is 31.7 Å². The van der Waals surface area contributed by atoms with E-state index in [1.165, 1.54) is 12.1 Å². The third kappa shape index (κ3) is 3.43. The highest BCUT2D eigenvalue weighted by atomic mass is 16.4. The first-order chi connectivity index (χ1) is 9.06. The molecular weight excluding hydrogens is 250 g/mol. The summed E-state index contributed by atoms with van der Waals surface area (Å²) in [6, 6.07) is 2.42. The van der Waals surface area contributed by atoms with Crippen LogP contribution in [0.3, 0.4) is 0 Å². The number of rotatable bonds is 3. The minimum Gasteiger partial charge on any atom is -0.481 e. The molecule has 102 valence electrons. The van der Waals surface area contributed by atoms with E-state index >= 15 is 0 Å². The van der Waals surface area contributed by atoms with E-state index in [0.717, 1.165) is 19.1 Å². The van der Waals surface area contributed by atoms with Gasteiger partial charge in [-0.25, -0.2) is 4.79 Å². The second kappa shape index (κ2) is 5.69. The number of nitrogens with one attached hydrogen (secondary N) is 1. The topological polar surface area (TPSA) is 96.6 Å². The Bertz CT molecular complexity index is 516. The normalized spacial score (nSPS) is 22.7. The van der Waals surface area contributed by atoms with Gasteiger partial charge in [-0.2, -0.15) is 0 Å². The Morgan fingerprint density at radius 3 is 2.74 bits per heavy atom. The van der Waals surface area contributed by atoms with Crippen LogP contribution in [0.5, 0.6) is 0 Å². The maximum absolute atomic E-state index is 11.9. The van der Waals surface area contributed by atoms with Crippen LogP contribution in [0.1, 0.15) is 36.0 Å². The summed E-state index contributed by atoms with van der Waals surface area (Å²) in [6.45, 7) is 0. The third-order valence-corrected chi connectivity index (χ3v) is 3.32. The summed E-state index contributed by atoms with van der Waals surface area (Å²) < 4.78 is 4.62. The quantitative estimate of drug-likeness (QED) is 0.850. The molecule has 1 aromatic rings. The van der Waals surface area contributed by atoms with E-state index in [4.69, 9.17) is 5.11 Å². The molecule has 0 bridgehead atoms. The maximum atomic E-state index is 11.9. The Balaban J connectivity index is 1.97. The van der Waals surface area contributed by atoms with E-state index in [1.807, 2.05) is 0 Å². The molecule has 19 heavy (non-hydrogen) atoms. The lowest BCUT2D eigenvalue weighted by atomic mass is 9.85. The van der Waals surface area contributed by atoms with Crippen molar-refractivity contribution in [1.29, 1.82) is 0 Å². The largest absolute Gasteiger partial charge is 0.481 e. The van der Waals surface area contributed by atoms with Gasteiger partial charge in [-0.1, -0.05) is 6.42 Å². The Morgan fingerprint density at radius 1 is 1.32 bits per heavy atom. The molecule has 1 amide bonds. The van der Waals surface area contributed by atoms with E-state index in [0.29, 0.717) is 12.8 Å². The number of aliphatic carboxylic acids is 1. The molecule has 0 aliphatic heterocycles. The maximum Gasteiger partial charge on any atom is 0.335 e. The predicted octanol–water partition coefficient (Wildman–Crippen LogP) is 1.01. The van der Waals surface area contributed by atoms with Gasteiger partial charge in [-0.05, 0) is 25.3 Å². The fraction of sp³-hybridized carbons (Fsp3) is 0.462. The van der Waals surface area contributed by atoms with Crippen molar-refractivity contribution in [2.24, 2.45) is 5.92 Å². The molecule has 0 aromatic carbocycles. The van der Waals surface area contributed by atoms with Gasteiger partial charge in [-0.15, -0.1) is 0 Å². The molecule has 1 heterocycles. The van der Waals surface area contributed by atoms with Crippen molar-refractivity contribution in [3.8, 4) is 0 Å². The lowest BCUT2D eigenvalue weighted by Gasteiger charge is -2.27. The standard InChI is InChI=1S/C13H15NO5/c15-11-5-4-9(7-19-11)12(16)14-10-3-1-2-8(6-10)13(17)18/h4-5,7-8,10H,1-3,6H2,(H,14,16)(H,17,18). The Labute approximate surface area is 109 Å². The number of hydrogen-bond acceptors (Lipinski definition) is 4. The fourth-order valence-electron chi connectivity index (χ4n) is 2.30. The molecule has 6 nitrogen and oxygen atoms in total. The minimum absolute atomic E-state index is 0.144. The Hall–Kier alpha value is -2.11. The zero-order valence-electron chi connectivity index (χ0n) is 10.3. The van der Waals surface area contributed by atoms with E-state index in [2.05, 4.69) is 9.73 Å². The highest BCUT2D eigenvalue weighted by Gasteiger charge is 2.28. The lowest BCUT2D eigenvalue weighted by molar-refractivity contribution is -0.143. The van der Waals surface area contributed by atoms with Crippen molar-refractivity contribution in [3.63, 3.8) is 0 Å². The first-order valence-electron chi connectivity index (χ1n) is 6.19. The highest BCUT2D eigenvalue weighted by Crippen LogP contribution is 2.24. The van der Waals surface area contributed by atoms with Crippen LogP contribution in [-0.4, -0.2) is 23.0 Å². The van der Waals surface area contributed by atoms with Crippen LogP contribution in [0.4, 0.5) is 0 Å². The molecule has 0 spiro atoms. The second-order valence-corrected chi connectivity index (χ2v) is 4.72. The smallest absolute Gasteiger partial charge is 0.335 e. The highest BCUT2D eigenvalue weighted by molar-refractivity contribution is 5.93. The molecule has 6 heteroatoms. The van der Waals surface area contributed by atoms with Crippen LogP contribution >= 0.6 is 0 Å².